The Morgan fingerprint density at radius 1 is 1.04 bits per heavy atom. The predicted octanol–water partition coefficient (Wildman–Crippen LogP) is 2.30. The lowest BCUT2D eigenvalue weighted by Crippen LogP contribution is -2.28. The monoisotopic (exact) mass is 324 g/mol. The number of nitrogens with one attached hydrogen (secondary N) is 2. The van der Waals surface area contributed by atoms with E-state index in [1.807, 2.05) is 30.3 Å². The van der Waals surface area contributed by atoms with Crippen LogP contribution in [-0.4, -0.2) is 25.0 Å². The van der Waals surface area contributed by atoms with Gasteiger partial charge in [0.2, 0.25) is 0 Å². The predicted molar refractivity (Wildman–Crippen MR) is 92.8 cm³/mol. The van der Waals surface area contributed by atoms with Crippen molar-refractivity contribution in [1.29, 1.82) is 0 Å². The molecule has 0 aromatic heterocycles. The minimum atomic E-state index is -0.242. The molecule has 5 heteroatoms. The molecule has 0 aliphatic carbocycles. The Balaban J connectivity index is 1.88. The van der Waals surface area contributed by atoms with E-state index in [0.29, 0.717) is 24.4 Å². The maximum Gasteiger partial charge on any atom is 0.258 e. The van der Waals surface area contributed by atoms with E-state index in [0.717, 1.165) is 5.56 Å². The molecule has 0 bridgehead atoms. The molecule has 0 aliphatic heterocycles. The average Bonchev–Trinajstić information content (AvgIpc) is 2.63. The van der Waals surface area contributed by atoms with Crippen LogP contribution >= 0.6 is 0 Å². The summed E-state index contributed by atoms with van der Waals surface area (Å²) in [5.74, 6) is 0.0327. The number of amides is 2. The molecule has 2 rings (SSSR count). The number of hydrogen-bond acceptors (Lipinski definition) is 3. The number of carbonyl (C=O) groups excluding carboxylic acids is 2. The van der Waals surface area contributed by atoms with Crippen LogP contribution < -0.4 is 15.4 Å². The Labute approximate surface area is 141 Å². The summed E-state index contributed by atoms with van der Waals surface area (Å²) >= 11 is 0. The van der Waals surface area contributed by atoms with Crippen LogP contribution in [0.4, 0.5) is 0 Å². The van der Waals surface area contributed by atoms with Gasteiger partial charge in [-0.15, -0.1) is 6.58 Å². The van der Waals surface area contributed by atoms with E-state index in [-0.39, 0.29) is 18.4 Å². The van der Waals surface area contributed by atoms with Crippen molar-refractivity contribution >= 4 is 11.8 Å². The largest absolute Gasteiger partial charge is 0.484 e. The molecule has 2 N–H and O–H groups in total. The van der Waals surface area contributed by atoms with Gasteiger partial charge >= 0.3 is 0 Å². The second-order valence-corrected chi connectivity index (χ2v) is 5.08. The molecule has 0 unspecified atom stereocenters. The third-order valence-corrected chi connectivity index (χ3v) is 3.21. The lowest BCUT2D eigenvalue weighted by atomic mass is 10.2. The van der Waals surface area contributed by atoms with Gasteiger partial charge in [-0.05, 0) is 23.8 Å². The van der Waals surface area contributed by atoms with Crippen LogP contribution in [0.25, 0.3) is 0 Å². The standard InChI is InChI=1S/C19H20N2O3/c1-2-11-20-18(22)14-24-17-10-6-9-16(12-17)19(23)21-13-15-7-4-3-5-8-15/h2-10,12H,1,11,13-14H2,(H,20,22)(H,21,23). The molecule has 24 heavy (non-hydrogen) atoms. The molecular weight excluding hydrogens is 304 g/mol. The normalized spacial score (nSPS) is 9.83. The number of hydrogen-bond donors (Lipinski definition) is 2. The van der Waals surface area contributed by atoms with Gasteiger partial charge < -0.3 is 15.4 Å². The fourth-order valence-corrected chi connectivity index (χ4v) is 1.99. The van der Waals surface area contributed by atoms with E-state index in [4.69, 9.17) is 4.74 Å². The van der Waals surface area contributed by atoms with Crippen molar-refractivity contribution in [2.45, 2.75) is 6.54 Å². The quantitative estimate of drug-likeness (QED) is 0.732. The molecule has 0 aliphatic rings. The lowest BCUT2D eigenvalue weighted by molar-refractivity contribution is -0.122. The maximum atomic E-state index is 12.2. The minimum Gasteiger partial charge on any atom is -0.484 e. The third kappa shape index (κ3) is 5.61. The van der Waals surface area contributed by atoms with Crippen LogP contribution in [0.1, 0.15) is 15.9 Å². The topological polar surface area (TPSA) is 67.4 Å². The van der Waals surface area contributed by atoms with Crippen molar-refractivity contribution in [3.8, 4) is 5.75 Å². The summed E-state index contributed by atoms with van der Waals surface area (Å²) in [6.07, 6.45) is 1.59. The Kier molecular flexibility index (Phi) is 6.58. The lowest BCUT2D eigenvalue weighted by Gasteiger charge is -2.09. The highest BCUT2D eigenvalue weighted by molar-refractivity contribution is 5.94. The molecular formula is C19H20N2O3. The zero-order valence-corrected chi connectivity index (χ0v) is 13.3. The molecule has 0 spiro atoms. The number of benzene rings is 2. The van der Waals surface area contributed by atoms with Gasteiger partial charge in [-0.2, -0.15) is 0 Å². The molecule has 0 fully saturated rings. The molecule has 2 aromatic rings. The molecule has 124 valence electrons. The first-order valence-electron chi connectivity index (χ1n) is 7.61. The average molecular weight is 324 g/mol. The van der Waals surface area contributed by atoms with Crippen LogP contribution in [0.3, 0.4) is 0 Å². The summed E-state index contributed by atoms with van der Waals surface area (Å²) in [5, 5.41) is 5.47. The molecule has 0 heterocycles. The molecule has 2 aromatic carbocycles. The summed E-state index contributed by atoms with van der Waals surface area (Å²) < 4.78 is 5.39. The van der Waals surface area contributed by atoms with Crippen LogP contribution in [-0.2, 0) is 11.3 Å². The van der Waals surface area contributed by atoms with Crippen molar-refractivity contribution in [3.63, 3.8) is 0 Å². The Morgan fingerprint density at radius 2 is 1.83 bits per heavy atom. The van der Waals surface area contributed by atoms with Crippen molar-refractivity contribution < 1.29 is 14.3 Å². The van der Waals surface area contributed by atoms with Crippen LogP contribution in [0, 0.1) is 0 Å². The highest BCUT2D eigenvalue weighted by Crippen LogP contribution is 2.13. The Hall–Kier alpha value is -3.08. The van der Waals surface area contributed by atoms with Crippen LogP contribution in [0.2, 0.25) is 0 Å². The summed E-state index contributed by atoms with van der Waals surface area (Å²) in [7, 11) is 0. The third-order valence-electron chi connectivity index (χ3n) is 3.21. The van der Waals surface area contributed by atoms with Gasteiger partial charge in [0.1, 0.15) is 5.75 Å². The first-order valence-corrected chi connectivity index (χ1v) is 7.61. The van der Waals surface area contributed by atoms with E-state index in [2.05, 4.69) is 17.2 Å². The second-order valence-electron chi connectivity index (χ2n) is 5.08. The van der Waals surface area contributed by atoms with Gasteiger partial charge in [0.25, 0.3) is 11.8 Å². The Bertz CT molecular complexity index is 699. The van der Waals surface area contributed by atoms with Crippen molar-refractivity contribution in [2.75, 3.05) is 13.2 Å². The van der Waals surface area contributed by atoms with Gasteiger partial charge in [-0.25, -0.2) is 0 Å². The molecule has 0 radical (unpaired) electrons. The summed E-state index contributed by atoms with van der Waals surface area (Å²) in [6, 6.07) is 16.4. The van der Waals surface area contributed by atoms with Crippen molar-refractivity contribution in [3.05, 3.63) is 78.4 Å². The number of ether oxygens (including phenoxy) is 1. The highest BCUT2D eigenvalue weighted by Gasteiger charge is 2.07. The van der Waals surface area contributed by atoms with Crippen LogP contribution in [0.5, 0.6) is 5.75 Å². The molecule has 0 saturated heterocycles. The van der Waals surface area contributed by atoms with Crippen molar-refractivity contribution in [1.82, 2.24) is 10.6 Å². The molecule has 0 atom stereocenters. The number of rotatable bonds is 8. The highest BCUT2D eigenvalue weighted by atomic mass is 16.5. The minimum absolute atomic E-state index is 0.108. The van der Waals surface area contributed by atoms with Gasteiger partial charge in [-0.3, -0.25) is 9.59 Å². The van der Waals surface area contributed by atoms with E-state index in [1.54, 1.807) is 30.3 Å². The zero-order chi connectivity index (χ0) is 17.2. The maximum absolute atomic E-state index is 12.2. The second kappa shape index (κ2) is 9.15. The van der Waals surface area contributed by atoms with Gasteiger partial charge in [-0.1, -0.05) is 42.5 Å². The van der Waals surface area contributed by atoms with Crippen LogP contribution in [0.15, 0.2) is 67.3 Å². The van der Waals surface area contributed by atoms with Gasteiger partial charge in [0.15, 0.2) is 6.61 Å². The molecule has 5 nitrogen and oxygen atoms in total. The fraction of sp³-hybridized carbons (Fsp3) is 0.158. The number of carbonyl (C=O) groups is 2. The van der Waals surface area contributed by atoms with E-state index in [1.165, 1.54) is 0 Å². The summed E-state index contributed by atoms with van der Waals surface area (Å²) in [4.78, 5) is 23.7. The Morgan fingerprint density at radius 3 is 2.58 bits per heavy atom. The van der Waals surface area contributed by atoms with Crippen molar-refractivity contribution in [2.24, 2.45) is 0 Å². The zero-order valence-electron chi connectivity index (χ0n) is 13.3. The van der Waals surface area contributed by atoms with Gasteiger partial charge in [0.05, 0.1) is 0 Å². The first-order chi connectivity index (χ1) is 11.7. The summed E-state index contributed by atoms with van der Waals surface area (Å²) in [5.41, 5.74) is 1.51. The smallest absolute Gasteiger partial charge is 0.258 e. The van der Waals surface area contributed by atoms with E-state index < -0.39 is 0 Å². The SMILES string of the molecule is C=CCNC(=O)COc1cccc(C(=O)NCc2ccccc2)c1. The fourth-order valence-electron chi connectivity index (χ4n) is 1.99. The summed E-state index contributed by atoms with van der Waals surface area (Å²) in [6.45, 7) is 4.26. The molecule has 2 amide bonds. The molecule has 0 saturated carbocycles. The van der Waals surface area contributed by atoms with Gasteiger partial charge in [0, 0.05) is 18.7 Å². The van der Waals surface area contributed by atoms with E-state index >= 15 is 0 Å². The first kappa shape index (κ1) is 17.3. The van der Waals surface area contributed by atoms with E-state index in [9.17, 15) is 9.59 Å².